The topological polar surface area (TPSA) is 105 Å². The van der Waals surface area contributed by atoms with Gasteiger partial charge in [-0.05, 0) is 12.3 Å². The van der Waals surface area contributed by atoms with Gasteiger partial charge in [-0.1, -0.05) is 20.8 Å². The van der Waals surface area contributed by atoms with Crippen LogP contribution in [-0.4, -0.2) is 28.0 Å². The number of aromatic carboxylic acids is 1. The van der Waals surface area contributed by atoms with E-state index in [0.717, 1.165) is 0 Å². The Hall–Kier alpha value is -1.47. The van der Waals surface area contributed by atoms with Crippen LogP contribution in [0, 0.1) is 5.41 Å². The quantitative estimate of drug-likeness (QED) is 0.775. The third kappa shape index (κ3) is 4.00. The highest BCUT2D eigenvalue weighted by Crippen LogP contribution is 2.21. The van der Waals surface area contributed by atoms with Crippen molar-refractivity contribution in [2.24, 2.45) is 11.1 Å². The number of hydrogen-bond donors (Lipinski definition) is 3. The molecule has 0 aliphatic heterocycles. The largest absolute Gasteiger partial charge is 0.476 e. The number of nitrogens with one attached hydrogen (secondary N) is 1. The maximum absolute atomic E-state index is 11.9. The second-order valence-electron chi connectivity index (χ2n) is 5.45. The first-order valence-corrected chi connectivity index (χ1v) is 6.75. The number of carbonyl (C=O) groups is 2. The Kier molecular flexibility index (Phi) is 4.65. The smallest absolute Gasteiger partial charge is 0.355 e. The van der Waals surface area contributed by atoms with Crippen LogP contribution in [0.25, 0.3) is 0 Å². The molecule has 19 heavy (non-hydrogen) atoms. The third-order valence-electron chi connectivity index (χ3n) is 2.69. The number of aromatic nitrogens is 1. The van der Waals surface area contributed by atoms with Crippen LogP contribution >= 0.6 is 11.3 Å². The first kappa shape index (κ1) is 15.6. The summed E-state index contributed by atoms with van der Waals surface area (Å²) in [6.07, 6.45) is 0. The van der Waals surface area contributed by atoms with Crippen LogP contribution in [0.15, 0.2) is 5.38 Å². The molecule has 0 spiro atoms. The van der Waals surface area contributed by atoms with Gasteiger partial charge in [-0.25, -0.2) is 9.78 Å². The van der Waals surface area contributed by atoms with Gasteiger partial charge in [0.15, 0.2) is 5.69 Å². The number of carbonyl (C=O) groups excluding carboxylic acids is 1. The van der Waals surface area contributed by atoms with E-state index in [1.165, 1.54) is 16.7 Å². The summed E-state index contributed by atoms with van der Waals surface area (Å²) in [5.41, 5.74) is 5.50. The van der Waals surface area contributed by atoms with Gasteiger partial charge in [0.2, 0.25) is 5.91 Å². The molecule has 1 aromatic rings. The number of carboxylic acid groups (broad SMARTS) is 1. The standard InChI is InChI=1S/C12H19N3O3S/c1-6(10-15-7(5-19-10)11(17)18)14-9(16)8(13)12(2,3)4/h5-6,8H,13H2,1-4H3,(H,14,16)(H,17,18). The molecule has 0 fully saturated rings. The number of nitrogens with zero attached hydrogens (tertiary/aromatic N) is 1. The van der Waals surface area contributed by atoms with Gasteiger partial charge in [-0.3, -0.25) is 4.79 Å². The summed E-state index contributed by atoms with van der Waals surface area (Å²) in [6, 6.07) is -0.993. The SMILES string of the molecule is CC(NC(=O)C(N)C(C)(C)C)c1nc(C(=O)O)cs1. The highest BCUT2D eigenvalue weighted by molar-refractivity contribution is 7.09. The lowest BCUT2D eigenvalue weighted by Crippen LogP contribution is -2.49. The van der Waals surface area contributed by atoms with E-state index >= 15 is 0 Å². The minimum Gasteiger partial charge on any atom is -0.476 e. The second kappa shape index (κ2) is 5.66. The average molecular weight is 285 g/mol. The van der Waals surface area contributed by atoms with Crippen LogP contribution in [0.5, 0.6) is 0 Å². The molecular weight excluding hydrogens is 266 g/mol. The van der Waals surface area contributed by atoms with E-state index in [-0.39, 0.29) is 23.1 Å². The van der Waals surface area contributed by atoms with E-state index in [9.17, 15) is 9.59 Å². The number of hydrogen-bond acceptors (Lipinski definition) is 5. The van der Waals surface area contributed by atoms with Gasteiger partial charge in [0.25, 0.3) is 0 Å². The fraction of sp³-hybridized carbons (Fsp3) is 0.583. The van der Waals surface area contributed by atoms with Gasteiger partial charge >= 0.3 is 5.97 Å². The molecule has 2 atom stereocenters. The van der Waals surface area contributed by atoms with E-state index in [1.807, 2.05) is 20.8 Å². The zero-order chi connectivity index (χ0) is 14.8. The van der Waals surface area contributed by atoms with Crippen molar-refractivity contribution in [3.63, 3.8) is 0 Å². The molecular formula is C12H19N3O3S. The Morgan fingerprint density at radius 1 is 1.47 bits per heavy atom. The number of amides is 1. The molecule has 0 aromatic carbocycles. The Morgan fingerprint density at radius 2 is 2.05 bits per heavy atom. The number of thiazole rings is 1. The van der Waals surface area contributed by atoms with E-state index in [4.69, 9.17) is 10.8 Å². The van der Waals surface area contributed by atoms with Crippen molar-refractivity contribution < 1.29 is 14.7 Å². The maximum atomic E-state index is 11.9. The lowest BCUT2D eigenvalue weighted by molar-refractivity contribution is -0.125. The van der Waals surface area contributed by atoms with Crippen molar-refractivity contribution in [1.29, 1.82) is 0 Å². The molecule has 1 aromatic heterocycles. The zero-order valence-corrected chi connectivity index (χ0v) is 12.2. The molecule has 1 amide bonds. The summed E-state index contributed by atoms with van der Waals surface area (Å²) < 4.78 is 0. The van der Waals surface area contributed by atoms with Crippen molar-refractivity contribution in [3.8, 4) is 0 Å². The molecule has 4 N–H and O–H groups in total. The molecule has 1 rings (SSSR count). The van der Waals surface area contributed by atoms with Gasteiger partial charge in [-0.2, -0.15) is 0 Å². The molecule has 106 valence electrons. The van der Waals surface area contributed by atoms with Gasteiger partial charge in [0.1, 0.15) is 5.01 Å². The zero-order valence-electron chi connectivity index (χ0n) is 11.4. The summed E-state index contributed by atoms with van der Waals surface area (Å²) in [7, 11) is 0. The third-order valence-corrected chi connectivity index (χ3v) is 3.71. The molecule has 1 heterocycles. The van der Waals surface area contributed by atoms with Gasteiger partial charge in [0.05, 0.1) is 12.1 Å². The summed E-state index contributed by atoms with van der Waals surface area (Å²) in [5.74, 6) is -1.35. The van der Waals surface area contributed by atoms with Crippen LogP contribution in [0.2, 0.25) is 0 Å². The molecule has 0 saturated carbocycles. The average Bonchev–Trinajstić information content (AvgIpc) is 2.75. The maximum Gasteiger partial charge on any atom is 0.355 e. The van der Waals surface area contributed by atoms with E-state index in [2.05, 4.69) is 10.3 Å². The molecule has 6 nitrogen and oxygen atoms in total. The monoisotopic (exact) mass is 285 g/mol. The lowest BCUT2D eigenvalue weighted by atomic mass is 9.87. The van der Waals surface area contributed by atoms with Crippen molar-refractivity contribution in [1.82, 2.24) is 10.3 Å². The van der Waals surface area contributed by atoms with Crippen molar-refractivity contribution in [3.05, 3.63) is 16.1 Å². The number of rotatable bonds is 4. The molecule has 2 unspecified atom stereocenters. The summed E-state index contributed by atoms with van der Waals surface area (Å²) in [5, 5.41) is 13.5. The second-order valence-corrected chi connectivity index (χ2v) is 6.34. The summed E-state index contributed by atoms with van der Waals surface area (Å²) >= 11 is 1.20. The summed E-state index contributed by atoms with van der Waals surface area (Å²) in [6.45, 7) is 7.40. The Balaban J connectivity index is 2.71. The fourth-order valence-corrected chi connectivity index (χ4v) is 2.14. The van der Waals surface area contributed by atoms with Crippen LogP contribution in [0.4, 0.5) is 0 Å². The van der Waals surface area contributed by atoms with Crippen LogP contribution in [0.1, 0.15) is 49.2 Å². The summed E-state index contributed by atoms with van der Waals surface area (Å²) in [4.78, 5) is 26.6. The van der Waals surface area contributed by atoms with E-state index < -0.39 is 12.0 Å². The molecule has 0 bridgehead atoms. The first-order chi connectivity index (χ1) is 8.62. The van der Waals surface area contributed by atoms with E-state index in [0.29, 0.717) is 5.01 Å². The van der Waals surface area contributed by atoms with Crippen molar-refractivity contribution in [2.75, 3.05) is 0 Å². The lowest BCUT2D eigenvalue weighted by Gasteiger charge is -2.27. The highest BCUT2D eigenvalue weighted by atomic mass is 32.1. The van der Waals surface area contributed by atoms with Crippen molar-refractivity contribution >= 4 is 23.2 Å². The van der Waals surface area contributed by atoms with Crippen LogP contribution < -0.4 is 11.1 Å². The Bertz CT molecular complexity index is 479. The molecule has 0 saturated heterocycles. The number of nitrogens with two attached hydrogens (primary N) is 1. The Morgan fingerprint density at radius 3 is 2.47 bits per heavy atom. The minimum absolute atomic E-state index is 0.0128. The predicted molar refractivity (Wildman–Crippen MR) is 73.1 cm³/mol. The van der Waals surface area contributed by atoms with Crippen LogP contribution in [0.3, 0.4) is 0 Å². The van der Waals surface area contributed by atoms with E-state index in [1.54, 1.807) is 6.92 Å². The first-order valence-electron chi connectivity index (χ1n) is 5.87. The minimum atomic E-state index is -1.08. The molecule has 7 heteroatoms. The molecule has 0 radical (unpaired) electrons. The molecule has 0 aliphatic carbocycles. The Labute approximate surface area is 116 Å². The predicted octanol–water partition coefficient (Wildman–Crippen LogP) is 1.39. The van der Waals surface area contributed by atoms with Crippen molar-refractivity contribution in [2.45, 2.75) is 39.8 Å². The van der Waals surface area contributed by atoms with Gasteiger partial charge in [-0.15, -0.1) is 11.3 Å². The van der Waals surface area contributed by atoms with Gasteiger partial charge in [0, 0.05) is 5.38 Å². The highest BCUT2D eigenvalue weighted by Gasteiger charge is 2.28. The normalized spacial score (nSPS) is 14.8. The molecule has 0 aliphatic rings. The van der Waals surface area contributed by atoms with Gasteiger partial charge < -0.3 is 16.2 Å². The van der Waals surface area contributed by atoms with Crippen LogP contribution in [-0.2, 0) is 4.79 Å². The number of carboxylic acids is 1. The fourth-order valence-electron chi connectivity index (χ4n) is 1.34.